The van der Waals surface area contributed by atoms with Gasteiger partial charge in [0.2, 0.25) is 0 Å². The molecule has 0 saturated carbocycles. The third-order valence-electron chi connectivity index (χ3n) is 2.91. The summed E-state index contributed by atoms with van der Waals surface area (Å²) in [6, 6.07) is 7.98. The molecule has 0 fully saturated rings. The highest BCUT2D eigenvalue weighted by Gasteiger charge is 2.20. The third-order valence-corrected chi connectivity index (χ3v) is 2.91. The van der Waals surface area contributed by atoms with Crippen LogP contribution in [0.15, 0.2) is 29.1 Å². The van der Waals surface area contributed by atoms with Gasteiger partial charge in [-0.2, -0.15) is 15.0 Å². The lowest BCUT2D eigenvalue weighted by atomic mass is 10.2. The number of aromatic nitrogens is 2. The van der Waals surface area contributed by atoms with Gasteiger partial charge in [-0.1, -0.05) is 0 Å². The molecule has 0 radical (unpaired) electrons. The van der Waals surface area contributed by atoms with E-state index >= 15 is 0 Å². The van der Waals surface area contributed by atoms with Gasteiger partial charge in [0.25, 0.3) is 11.5 Å². The number of carbonyl (C=O) groups is 1. The van der Waals surface area contributed by atoms with Crippen molar-refractivity contribution in [2.45, 2.75) is 0 Å². The number of nitrogens with two attached hydrogens (primary N) is 2. The molecule has 0 aliphatic carbocycles. The number of benzene rings is 1. The lowest BCUT2D eigenvalue weighted by Gasteiger charge is -2.10. The van der Waals surface area contributed by atoms with Crippen molar-refractivity contribution < 1.29 is 9.53 Å². The number of nitriles is 1. The molecule has 9 heteroatoms. The van der Waals surface area contributed by atoms with Crippen LogP contribution in [-0.2, 0) is 0 Å². The summed E-state index contributed by atoms with van der Waals surface area (Å²) in [7, 11) is 1.50. The predicted octanol–water partition coefficient (Wildman–Crippen LogP) is -0.702. The Morgan fingerprint density at radius 3 is 2.55 bits per heavy atom. The second kappa shape index (κ2) is 5.94. The molecule has 112 valence electrons. The molecule has 1 aromatic heterocycles. The molecule has 0 aliphatic rings. The minimum atomic E-state index is -0.809. The van der Waals surface area contributed by atoms with Crippen molar-refractivity contribution in [3.8, 4) is 17.5 Å². The van der Waals surface area contributed by atoms with Gasteiger partial charge in [0, 0.05) is 0 Å². The number of rotatable bonds is 3. The molecular weight excluding hydrogens is 288 g/mol. The Morgan fingerprint density at radius 1 is 1.41 bits per heavy atom. The van der Waals surface area contributed by atoms with Crippen LogP contribution in [0.25, 0.3) is 5.69 Å². The Balaban J connectivity index is 2.72. The van der Waals surface area contributed by atoms with Crippen molar-refractivity contribution in [1.29, 1.82) is 5.26 Å². The number of ether oxygens (including phenoxy) is 1. The second-order valence-corrected chi connectivity index (χ2v) is 4.14. The van der Waals surface area contributed by atoms with Crippen LogP contribution >= 0.6 is 0 Å². The number of anilines is 1. The van der Waals surface area contributed by atoms with Crippen LogP contribution in [-0.4, -0.2) is 22.8 Å². The molecule has 0 spiro atoms. The Kier molecular flexibility index (Phi) is 4.06. The normalized spacial score (nSPS) is 9.86. The number of hydrazine groups is 1. The Morgan fingerprint density at radius 2 is 2.05 bits per heavy atom. The van der Waals surface area contributed by atoms with Gasteiger partial charge in [-0.3, -0.25) is 15.0 Å². The van der Waals surface area contributed by atoms with E-state index in [0.29, 0.717) is 11.4 Å². The highest BCUT2D eigenvalue weighted by molar-refractivity contribution is 5.97. The van der Waals surface area contributed by atoms with Crippen molar-refractivity contribution >= 4 is 11.6 Å². The molecule has 0 bridgehead atoms. The smallest absolute Gasteiger partial charge is 0.291 e. The van der Waals surface area contributed by atoms with Crippen LogP contribution < -0.4 is 27.3 Å². The fraction of sp³-hybridized carbons (Fsp3) is 0.0769. The van der Waals surface area contributed by atoms with E-state index in [1.807, 2.05) is 5.43 Å². The van der Waals surface area contributed by atoms with E-state index < -0.39 is 11.5 Å². The minimum absolute atomic E-state index is 0.311. The molecular formula is C13H12N6O3. The Hall–Kier alpha value is -3.38. The number of hydrogen-bond acceptors (Lipinski definition) is 7. The van der Waals surface area contributed by atoms with Gasteiger partial charge in [0.05, 0.1) is 18.5 Å². The van der Waals surface area contributed by atoms with Crippen LogP contribution in [0.3, 0.4) is 0 Å². The van der Waals surface area contributed by atoms with Crippen LogP contribution in [0.5, 0.6) is 5.75 Å². The second-order valence-electron chi connectivity index (χ2n) is 4.14. The van der Waals surface area contributed by atoms with E-state index in [4.69, 9.17) is 21.6 Å². The summed E-state index contributed by atoms with van der Waals surface area (Å²) in [5.41, 5.74) is 6.08. The molecule has 5 N–H and O–H groups in total. The number of nitrogens with one attached hydrogen (secondary N) is 1. The van der Waals surface area contributed by atoms with Crippen LogP contribution in [0.4, 0.5) is 5.69 Å². The van der Waals surface area contributed by atoms with Gasteiger partial charge in [-0.05, 0) is 24.3 Å². The molecule has 1 heterocycles. The number of hydrogen-bond donors (Lipinski definition) is 3. The van der Waals surface area contributed by atoms with E-state index in [1.54, 1.807) is 30.3 Å². The number of nitrogens with zero attached hydrogens (tertiary/aromatic N) is 3. The number of amides is 1. The number of carbonyl (C=O) groups excluding carboxylic acids is 1. The molecule has 1 amide bonds. The van der Waals surface area contributed by atoms with Gasteiger partial charge < -0.3 is 10.5 Å². The molecule has 9 nitrogen and oxygen atoms in total. The Bertz CT molecular complexity index is 819. The van der Waals surface area contributed by atoms with Gasteiger partial charge in [-0.15, -0.1) is 0 Å². The van der Waals surface area contributed by atoms with E-state index in [2.05, 4.69) is 5.10 Å². The summed E-state index contributed by atoms with van der Waals surface area (Å²) in [4.78, 5) is 23.9. The standard InChI is InChI=1S/C13H12N6O3/c1-22-8-4-2-7(3-5-8)19-13(21)9(6-14)10(15)11(18-19)12(20)17-16/h2-5H,15-16H2,1H3,(H,17,20). The fourth-order valence-corrected chi connectivity index (χ4v) is 1.78. The zero-order chi connectivity index (χ0) is 16.3. The summed E-state index contributed by atoms with van der Waals surface area (Å²) < 4.78 is 5.92. The van der Waals surface area contributed by atoms with Crippen molar-refractivity contribution in [2.24, 2.45) is 5.84 Å². The molecule has 22 heavy (non-hydrogen) atoms. The van der Waals surface area contributed by atoms with Crippen molar-refractivity contribution in [2.75, 3.05) is 12.8 Å². The fourth-order valence-electron chi connectivity index (χ4n) is 1.78. The quantitative estimate of drug-likeness (QED) is 0.385. The first-order valence-corrected chi connectivity index (χ1v) is 6.01. The van der Waals surface area contributed by atoms with Gasteiger partial charge in [-0.25, -0.2) is 5.84 Å². The first kappa shape index (κ1) is 15.0. The first-order chi connectivity index (χ1) is 10.5. The summed E-state index contributed by atoms with van der Waals surface area (Å²) >= 11 is 0. The van der Waals surface area contributed by atoms with Gasteiger partial charge in [0.1, 0.15) is 17.4 Å². The summed E-state index contributed by atoms with van der Waals surface area (Å²) in [6.45, 7) is 0. The Labute approximate surface area is 124 Å². The largest absolute Gasteiger partial charge is 0.497 e. The van der Waals surface area contributed by atoms with E-state index in [9.17, 15) is 9.59 Å². The highest BCUT2D eigenvalue weighted by atomic mass is 16.5. The molecule has 0 aliphatic heterocycles. The lowest BCUT2D eigenvalue weighted by Crippen LogP contribution is -2.35. The number of methoxy groups -OCH3 is 1. The lowest BCUT2D eigenvalue weighted by molar-refractivity contribution is 0.0948. The molecule has 0 unspecified atom stereocenters. The molecule has 0 atom stereocenters. The van der Waals surface area contributed by atoms with Crippen molar-refractivity contribution in [3.63, 3.8) is 0 Å². The van der Waals surface area contributed by atoms with Crippen LogP contribution in [0.1, 0.15) is 16.1 Å². The maximum absolute atomic E-state index is 12.2. The van der Waals surface area contributed by atoms with Crippen LogP contribution in [0, 0.1) is 11.3 Å². The summed E-state index contributed by atoms with van der Waals surface area (Å²) in [5.74, 6) is 4.81. The maximum Gasteiger partial charge on any atom is 0.291 e. The zero-order valence-electron chi connectivity index (χ0n) is 11.5. The van der Waals surface area contributed by atoms with Crippen LogP contribution in [0.2, 0.25) is 0 Å². The van der Waals surface area contributed by atoms with E-state index in [-0.39, 0.29) is 16.9 Å². The topological polar surface area (TPSA) is 149 Å². The highest BCUT2D eigenvalue weighted by Crippen LogP contribution is 2.16. The average molecular weight is 300 g/mol. The van der Waals surface area contributed by atoms with E-state index in [1.165, 1.54) is 7.11 Å². The molecule has 2 rings (SSSR count). The van der Waals surface area contributed by atoms with Gasteiger partial charge >= 0.3 is 0 Å². The predicted molar refractivity (Wildman–Crippen MR) is 77.2 cm³/mol. The SMILES string of the molecule is COc1ccc(-n2nc(C(=O)NN)c(N)c(C#N)c2=O)cc1. The van der Waals surface area contributed by atoms with E-state index in [0.717, 1.165) is 4.68 Å². The third kappa shape index (κ3) is 2.46. The molecule has 2 aromatic rings. The zero-order valence-corrected chi connectivity index (χ0v) is 11.5. The number of nitrogen functional groups attached to an aromatic ring is 2. The summed E-state index contributed by atoms with van der Waals surface area (Å²) in [5, 5.41) is 12.9. The molecule has 1 aromatic carbocycles. The summed E-state index contributed by atoms with van der Waals surface area (Å²) in [6.07, 6.45) is 0. The minimum Gasteiger partial charge on any atom is -0.497 e. The monoisotopic (exact) mass is 300 g/mol. The molecule has 0 saturated heterocycles. The first-order valence-electron chi connectivity index (χ1n) is 6.01. The van der Waals surface area contributed by atoms with Gasteiger partial charge in [0.15, 0.2) is 5.69 Å². The van der Waals surface area contributed by atoms with Crippen molar-refractivity contribution in [1.82, 2.24) is 15.2 Å². The van der Waals surface area contributed by atoms with Crippen molar-refractivity contribution in [3.05, 3.63) is 45.9 Å². The maximum atomic E-state index is 12.2. The average Bonchev–Trinajstić information content (AvgIpc) is 2.55.